The maximum atomic E-state index is 12.7. The Bertz CT molecular complexity index is 1190. The predicted molar refractivity (Wildman–Crippen MR) is 133 cm³/mol. The van der Waals surface area contributed by atoms with Crippen molar-refractivity contribution in [2.75, 3.05) is 13.1 Å². The van der Waals surface area contributed by atoms with Gasteiger partial charge in [-0.1, -0.05) is 40.2 Å². The molecule has 0 unspecified atom stereocenters. The summed E-state index contributed by atoms with van der Waals surface area (Å²) < 4.78 is 1.07. The van der Waals surface area contributed by atoms with Gasteiger partial charge in [0.2, 0.25) is 5.91 Å². The van der Waals surface area contributed by atoms with Gasteiger partial charge < -0.3 is 9.88 Å². The first-order chi connectivity index (χ1) is 15.7. The summed E-state index contributed by atoms with van der Waals surface area (Å²) in [4.78, 5) is 27.6. The standard InChI is InChI=1S/C25H25BrN4OS/c26-19-6-3-5-18(15-19)22-16-32-25(29-22)17-11-13-30(14-12-17)24(31)10-4-9-23-27-20-7-1-2-8-21(20)28-23/h1-3,5-8,15-17H,4,9-14H2,(H,27,28). The largest absolute Gasteiger partial charge is 0.343 e. The van der Waals surface area contributed by atoms with E-state index in [4.69, 9.17) is 4.98 Å². The Morgan fingerprint density at radius 1 is 1.12 bits per heavy atom. The van der Waals surface area contributed by atoms with Crippen LogP contribution in [0.5, 0.6) is 0 Å². The quantitative estimate of drug-likeness (QED) is 0.338. The zero-order valence-electron chi connectivity index (χ0n) is 17.8. The molecule has 1 aliphatic heterocycles. The van der Waals surface area contributed by atoms with Crippen LogP contribution in [-0.4, -0.2) is 38.8 Å². The second kappa shape index (κ2) is 9.55. The van der Waals surface area contributed by atoms with Gasteiger partial charge in [-0.3, -0.25) is 4.79 Å². The van der Waals surface area contributed by atoms with Crippen molar-refractivity contribution in [3.05, 3.63) is 69.2 Å². The number of para-hydroxylation sites is 2. The third-order valence-electron chi connectivity index (χ3n) is 6.08. The topological polar surface area (TPSA) is 61.9 Å². The van der Waals surface area contributed by atoms with E-state index < -0.39 is 0 Å². The number of benzene rings is 2. The molecule has 2 aromatic carbocycles. The average molecular weight is 509 g/mol. The van der Waals surface area contributed by atoms with E-state index in [-0.39, 0.29) is 5.91 Å². The number of likely N-dealkylation sites (tertiary alicyclic amines) is 1. The van der Waals surface area contributed by atoms with Gasteiger partial charge in [-0.05, 0) is 43.5 Å². The Balaban J connectivity index is 1.11. The lowest BCUT2D eigenvalue weighted by Crippen LogP contribution is -2.37. The maximum absolute atomic E-state index is 12.7. The summed E-state index contributed by atoms with van der Waals surface area (Å²) in [5.74, 6) is 1.66. The molecule has 0 saturated carbocycles. The number of hydrogen-bond donors (Lipinski definition) is 1. The van der Waals surface area contributed by atoms with Gasteiger partial charge in [0.25, 0.3) is 0 Å². The lowest BCUT2D eigenvalue weighted by Gasteiger charge is -2.31. The molecule has 1 aliphatic rings. The van der Waals surface area contributed by atoms with E-state index in [0.29, 0.717) is 12.3 Å². The maximum Gasteiger partial charge on any atom is 0.222 e. The first-order valence-corrected chi connectivity index (χ1v) is 12.8. The molecule has 5 rings (SSSR count). The number of halogens is 1. The minimum atomic E-state index is 0.258. The van der Waals surface area contributed by atoms with Crippen LogP contribution in [0.15, 0.2) is 58.4 Å². The predicted octanol–water partition coefficient (Wildman–Crippen LogP) is 6.18. The number of aryl methyl sites for hydroxylation is 1. The van der Waals surface area contributed by atoms with Gasteiger partial charge in [-0.15, -0.1) is 11.3 Å². The van der Waals surface area contributed by atoms with E-state index in [1.807, 2.05) is 41.3 Å². The molecule has 3 heterocycles. The summed E-state index contributed by atoms with van der Waals surface area (Å²) in [5, 5.41) is 3.34. The Morgan fingerprint density at radius 3 is 2.78 bits per heavy atom. The van der Waals surface area contributed by atoms with E-state index in [1.165, 1.54) is 5.01 Å². The monoisotopic (exact) mass is 508 g/mol. The molecular formula is C25H25BrN4OS. The number of hydrogen-bond acceptors (Lipinski definition) is 4. The highest BCUT2D eigenvalue weighted by atomic mass is 79.9. The molecule has 1 N–H and O–H groups in total. The summed E-state index contributed by atoms with van der Waals surface area (Å²) in [6.45, 7) is 1.64. The summed E-state index contributed by atoms with van der Waals surface area (Å²) in [7, 11) is 0. The minimum absolute atomic E-state index is 0.258. The van der Waals surface area contributed by atoms with Crippen molar-refractivity contribution in [1.29, 1.82) is 0 Å². The number of piperidine rings is 1. The van der Waals surface area contributed by atoms with Crippen molar-refractivity contribution < 1.29 is 4.79 Å². The molecule has 0 bridgehead atoms. The second-order valence-corrected chi connectivity index (χ2v) is 10.1. The number of H-pyrrole nitrogens is 1. The number of nitrogens with one attached hydrogen (secondary N) is 1. The van der Waals surface area contributed by atoms with Crippen molar-refractivity contribution >= 4 is 44.2 Å². The smallest absolute Gasteiger partial charge is 0.222 e. The molecule has 1 fully saturated rings. The number of nitrogens with zero attached hydrogens (tertiary/aromatic N) is 3. The molecule has 4 aromatic rings. The first-order valence-electron chi connectivity index (χ1n) is 11.1. The van der Waals surface area contributed by atoms with E-state index in [1.54, 1.807) is 11.3 Å². The van der Waals surface area contributed by atoms with Gasteiger partial charge in [-0.2, -0.15) is 0 Å². The number of carbonyl (C=O) groups is 1. The number of rotatable bonds is 6. The van der Waals surface area contributed by atoms with Gasteiger partial charge in [0, 0.05) is 47.3 Å². The Labute approximate surface area is 200 Å². The van der Waals surface area contributed by atoms with Crippen LogP contribution in [0.1, 0.15) is 42.4 Å². The number of carbonyl (C=O) groups excluding carboxylic acids is 1. The third-order valence-corrected chi connectivity index (χ3v) is 7.58. The lowest BCUT2D eigenvalue weighted by atomic mass is 9.97. The second-order valence-electron chi connectivity index (χ2n) is 8.29. The molecule has 1 amide bonds. The van der Waals surface area contributed by atoms with Crippen molar-refractivity contribution in [2.24, 2.45) is 0 Å². The summed E-state index contributed by atoms with van der Waals surface area (Å²) in [5.41, 5.74) is 4.22. The van der Waals surface area contributed by atoms with E-state index in [0.717, 1.165) is 71.4 Å². The fraction of sp³-hybridized carbons (Fsp3) is 0.320. The Kier molecular flexibility index (Phi) is 6.37. The number of thiazole rings is 1. The zero-order chi connectivity index (χ0) is 21.9. The Hall–Kier alpha value is -2.51. The van der Waals surface area contributed by atoms with E-state index >= 15 is 0 Å². The number of aromatic nitrogens is 3. The minimum Gasteiger partial charge on any atom is -0.343 e. The van der Waals surface area contributed by atoms with Crippen molar-refractivity contribution in [2.45, 2.75) is 38.0 Å². The number of aromatic amines is 1. The van der Waals surface area contributed by atoms with Crippen LogP contribution < -0.4 is 0 Å². The highest BCUT2D eigenvalue weighted by Crippen LogP contribution is 2.33. The first kappa shape index (κ1) is 21.3. The highest BCUT2D eigenvalue weighted by molar-refractivity contribution is 9.10. The lowest BCUT2D eigenvalue weighted by molar-refractivity contribution is -0.132. The number of fused-ring (bicyclic) bond motifs is 1. The fourth-order valence-electron chi connectivity index (χ4n) is 4.32. The van der Waals surface area contributed by atoms with Gasteiger partial charge >= 0.3 is 0 Å². The number of imidazole rings is 1. The van der Waals surface area contributed by atoms with Crippen molar-refractivity contribution in [3.63, 3.8) is 0 Å². The SMILES string of the molecule is O=C(CCCc1nc2ccccc2[nH]1)N1CCC(c2nc(-c3cccc(Br)c3)cs2)CC1. The third kappa shape index (κ3) is 4.79. The molecule has 1 saturated heterocycles. The fourth-order valence-corrected chi connectivity index (χ4v) is 5.72. The summed E-state index contributed by atoms with van der Waals surface area (Å²) >= 11 is 5.27. The van der Waals surface area contributed by atoms with Crippen LogP contribution in [-0.2, 0) is 11.2 Å². The van der Waals surface area contributed by atoms with Crippen molar-refractivity contribution in [3.8, 4) is 11.3 Å². The summed E-state index contributed by atoms with van der Waals surface area (Å²) in [6, 6.07) is 16.3. The molecule has 0 spiro atoms. The average Bonchev–Trinajstić information content (AvgIpc) is 3.46. The van der Waals surface area contributed by atoms with E-state index in [9.17, 15) is 4.79 Å². The molecule has 164 valence electrons. The van der Waals surface area contributed by atoms with Gasteiger partial charge in [0.15, 0.2) is 0 Å². The van der Waals surface area contributed by atoms with Crippen LogP contribution in [0.2, 0.25) is 0 Å². The van der Waals surface area contributed by atoms with Gasteiger partial charge in [0.1, 0.15) is 5.82 Å². The highest BCUT2D eigenvalue weighted by Gasteiger charge is 2.25. The molecule has 0 radical (unpaired) electrons. The van der Waals surface area contributed by atoms with Crippen molar-refractivity contribution in [1.82, 2.24) is 19.9 Å². The molecule has 0 atom stereocenters. The molecule has 32 heavy (non-hydrogen) atoms. The number of amides is 1. The van der Waals surface area contributed by atoms with Crippen LogP contribution in [0.4, 0.5) is 0 Å². The summed E-state index contributed by atoms with van der Waals surface area (Å²) in [6.07, 6.45) is 4.17. The van der Waals surface area contributed by atoms with Gasteiger partial charge in [0.05, 0.1) is 21.7 Å². The normalized spacial score (nSPS) is 14.8. The van der Waals surface area contributed by atoms with Crippen LogP contribution in [0.25, 0.3) is 22.3 Å². The van der Waals surface area contributed by atoms with Crippen LogP contribution >= 0.6 is 27.3 Å². The van der Waals surface area contributed by atoms with Gasteiger partial charge in [-0.25, -0.2) is 9.97 Å². The molecule has 2 aromatic heterocycles. The van der Waals surface area contributed by atoms with Crippen LogP contribution in [0, 0.1) is 0 Å². The molecule has 7 heteroatoms. The molecule has 5 nitrogen and oxygen atoms in total. The Morgan fingerprint density at radius 2 is 1.97 bits per heavy atom. The molecule has 0 aliphatic carbocycles. The molecular weight excluding hydrogens is 484 g/mol. The van der Waals surface area contributed by atoms with Crippen LogP contribution in [0.3, 0.4) is 0 Å². The van der Waals surface area contributed by atoms with E-state index in [2.05, 4.69) is 43.4 Å². The zero-order valence-corrected chi connectivity index (χ0v) is 20.2.